The fourth-order valence-electron chi connectivity index (χ4n) is 2.82. The molecule has 1 aliphatic rings. The van der Waals surface area contributed by atoms with Crippen molar-refractivity contribution in [2.75, 3.05) is 49.6 Å². The third-order valence-corrected chi connectivity index (χ3v) is 4.15. The van der Waals surface area contributed by atoms with Crippen LogP contribution in [0.5, 0.6) is 0 Å². The van der Waals surface area contributed by atoms with Crippen LogP contribution in [0.4, 0.5) is 11.8 Å². The Balaban J connectivity index is 1.51. The lowest BCUT2D eigenvalue weighted by Gasteiger charge is -2.28. The number of hydrogen-bond acceptors (Lipinski definition) is 6. The molecule has 0 spiro atoms. The molecule has 26 heavy (non-hydrogen) atoms. The summed E-state index contributed by atoms with van der Waals surface area (Å²) in [5, 5.41) is 6.09. The summed E-state index contributed by atoms with van der Waals surface area (Å²) in [5.41, 5.74) is 2.65. The van der Waals surface area contributed by atoms with Crippen molar-refractivity contribution in [1.29, 1.82) is 0 Å². The van der Waals surface area contributed by atoms with Crippen LogP contribution in [0.3, 0.4) is 0 Å². The molecule has 2 N–H and O–H groups in total. The van der Waals surface area contributed by atoms with Crippen LogP contribution < -0.4 is 15.5 Å². The van der Waals surface area contributed by atoms with Crippen LogP contribution >= 0.6 is 0 Å². The molecule has 1 amide bonds. The Kier molecular flexibility index (Phi) is 6.01. The molecule has 0 aliphatic carbocycles. The molecule has 7 nitrogen and oxygen atoms in total. The number of rotatable bonds is 6. The number of nitrogens with one attached hydrogen (secondary N) is 2. The standard InChI is InChI=1S/C19H25N5O2/c1-14-4-3-5-16(12-14)18(25)20-6-7-21-19-22-15(2)13-17(23-19)24-8-10-26-11-9-24/h3-5,12-13H,6-11H2,1-2H3,(H,20,25)(H,21,22,23). The fraction of sp³-hybridized carbons (Fsp3) is 0.421. The van der Waals surface area contributed by atoms with Gasteiger partial charge >= 0.3 is 0 Å². The number of benzene rings is 1. The molecule has 1 aliphatic heterocycles. The SMILES string of the molecule is Cc1cccc(C(=O)NCCNc2nc(C)cc(N3CCOCC3)n2)c1. The molecular formula is C19H25N5O2. The van der Waals surface area contributed by atoms with E-state index in [1.54, 1.807) is 0 Å². The Morgan fingerprint density at radius 3 is 2.73 bits per heavy atom. The first-order valence-electron chi connectivity index (χ1n) is 8.89. The molecule has 0 saturated carbocycles. The molecule has 1 aromatic heterocycles. The molecule has 0 atom stereocenters. The van der Waals surface area contributed by atoms with E-state index in [1.807, 2.05) is 44.2 Å². The molecule has 0 unspecified atom stereocenters. The summed E-state index contributed by atoms with van der Waals surface area (Å²) in [4.78, 5) is 23.3. The third kappa shape index (κ3) is 4.92. The van der Waals surface area contributed by atoms with Crippen molar-refractivity contribution in [3.63, 3.8) is 0 Å². The van der Waals surface area contributed by atoms with E-state index in [2.05, 4.69) is 25.5 Å². The van der Waals surface area contributed by atoms with Gasteiger partial charge in [-0.2, -0.15) is 4.98 Å². The topological polar surface area (TPSA) is 79.4 Å². The fourth-order valence-corrected chi connectivity index (χ4v) is 2.82. The van der Waals surface area contributed by atoms with Crippen LogP contribution in [0.25, 0.3) is 0 Å². The molecule has 2 heterocycles. The van der Waals surface area contributed by atoms with Crippen molar-refractivity contribution in [1.82, 2.24) is 15.3 Å². The summed E-state index contributed by atoms with van der Waals surface area (Å²) in [6, 6.07) is 9.53. The number of morpholine rings is 1. The highest BCUT2D eigenvalue weighted by Gasteiger charge is 2.14. The van der Waals surface area contributed by atoms with Crippen molar-refractivity contribution >= 4 is 17.7 Å². The molecule has 2 aromatic rings. The first-order chi connectivity index (χ1) is 12.6. The Labute approximate surface area is 153 Å². The van der Waals surface area contributed by atoms with E-state index in [4.69, 9.17) is 4.74 Å². The van der Waals surface area contributed by atoms with Crippen molar-refractivity contribution in [3.8, 4) is 0 Å². The predicted molar refractivity (Wildman–Crippen MR) is 102 cm³/mol. The van der Waals surface area contributed by atoms with Gasteiger partial charge in [0.2, 0.25) is 5.95 Å². The maximum Gasteiger partial charge on any atom is 0.251 e. The largest absolute Gasteiger partial charge is 0.378 e. The van der Waals surface area contributed by atoms with Crippen molar-refractivity contribution in [2.24, 2.45) is 0 Å². The number of aromatic nitrogens is 2. The summed E-state index contributed by atoms with van der Waals surface area (Å²) < 4.78 is 5.39. The van der Waals surface area contributed by atoms with Crippen molar-refractivity contribution in [2.45, 2.75) is 13.8 Å². The minimum Gasteiger partial charge on any atom is -0.378 e. The average molecular weight is 355 g/mol. The number of anilines is 2. The van der Waals surface area contributed by atoms with Crippen LogP contribution in [0.1, 0.15) is 21.6 Å². The summed E-state index contributed by atoms with van der Waals surface area (Å²) in [6.45, 7) is 8.09. The summed E-state index contributed by atoms with van der Waals surface area (Å²) in [7, 11) is 0. The van der Waals surface area contributed by atoms with E-state index in [0.717, 1.165) is 43.4 Å². The number of carbonyl (C=O) groups is 1. The normalized spacial score (nSPS) is 14.2. The van der Waals surface area contributed by atoms with Crippen LogP contribution in [-0.4, -0.2) is 55.3 Å². The van der Waals surface area contributed by atoms with Gasteiger partial charge in [-0.1, -0.05) is 17.7 Å². The smallest absolute Gasteiger partial charge is 0.251 e. The molecule has 0 radical (unpaired) electrons. The number of hydrogen-bond donors (Lipinski definition) is 2. The molecule has 7 heteroatoms. The Morgan fingerprint density at radius 2 is 1.96 bits per heavy atom. The first-order valence-corrected chi connectivity index (χ1v) is 8.89. The van der Waals surface area contributed by atoms with E-state index >= 15 is 0 Å². The highest BCUT2D eigenvalue weighted by atomic mass is 16.5. The molecule has 1 fully saturated rings. The monoisotopic (exact) mass is 355 g/mol. The van der Waals surface area contributed by atoms with Gasteiger partial charge in [0.15, 0.2) is 0 Å². The Morgan fingerprint density at radius 1 is 1.15 bits per heavy atom. The van der Waals surface area contributed by atoms with Crippen LogP contribution in [0.2, 0.25) is 0 Å². The van der Waals surface area contributed by atoms with Crippen molar-refractivity contribution < 1.29 is 9.53 Å². The Bertz CT molecular complexity index is 759. The molecule has 3 rings (SSSR count). The van der Waals surface area contributed by atoms with Crippen molar-refractivity contribution in [3.05, 3.63) is 47.2 Å². The lowest BCUT2D eigenvalue weighted by molar-refractivity contribution is 0.0955. The summed E-state index contributed by atoms with van der Waals surface area (Å²) in [5.74, 6) is 1.41. The Hall–Kier alpha value is -2.67. The molecular weight excluding hydrogens is 330 g/mol. The van der Waals surface area contributed by atoms with Gasteiger partial charge in [-0.25, -0.2) is 4.98 Å². The second-order valence-electron chi connectivity index (χ2n) is 6.34. The molecule has 0 bridgehead atoms. The second kappa shape index (κ2) is 8.62. The summed E-state index contributed by atoms with van der Waals surface area (Å²) >= 11 is 0. The zero-order valence-corrected chi connectivity index (χ0v) is 15.3. The van der Waals surface area contributed by atoms with Gasteiger partial charge in [-0.05, 0) is 26.0 Å². The third-order valence-electron chi connectivity index (χ3n) is 4.15. The van der Waals surface area contributed by atoms with Gasteiger partial charge in [0, 0.05) is 43.5 Å². The highest BCUT2D eigenvalue weighted by Crippen LogP contribution is 2.16. The first kappa shape index (κ1) is 18.1. The van der Waals surface area contributed by atoms with Gasteiger partial charge in [0.1, 0.15) is 5.82 Å². The lowest BCUT2D eigenvalue weighted by Crippen LogP contribution is -2.37. The van der Waals surface area contributed by atoms with Gasteiger partial charge in [-0.3, -0.25) is 4.79 Å². The number of aryl methyl sites for hydroxylation is 2. The zero-order valence-electron chi connectivity index (χ0n) is 15.3. The molecule has 1 aromatic carbocycles. The van der Waals surface area contributed by atoms with Crippen LogP contribution in [-0.2, 0) is 4.74 Å². The maximum atomic E-state index is 12.1. The van der Waals surface area contributed by atoms with Crippen LogP contribution in [0.15, 0.2) is 30.3 Å². The van der Waals surface area contributed by atoms with Gasteiger partial charge in [0.25, 0.3) is 5.91 Å². The number of carbonyl (C=O) groups excluding carboxylic acids is 1. The minimum atomic E-state index is -0.0744. The van der Waals surface area contributed by atoms with E-state index in [-0.39, 0.29) is 5.91 Å². The van der Waals surface area contributed by atoms with Gasteiger partial charge < -0.3 is 20.3 Å². The predicted octanol–water partition coefficient (Wildman–Crippen LogP) is 1.77. The highest BCUT2D eigenvalue weighted by molar-refractivity contribution is 5.94. The number of nitrogens with zero attached hydrogens (tertiary/aromatic N) is 3. The number of ether oxygens (including phenoxy) is 1. The quantitative estimate of drug-likeness (QED) is 0.769. The van der Waals surface area contributed by atoms with Gasteiger partial charge in [0.05, 0.1) is 13.2 Å². The minimum absolute atomic E-state index is 0.0744. The lowest BCUT2D eigenvalue weighted by atomic mass is 10.1. The zero-order chi connectivity index (χ0) is 18.4. The maximum absolute atomic E-state index is 12.1. The van der Waals surface area contributed by atoms with E-state index in [0.29, 0.717) is 24.6 Å². The second-order valence-corrected chi connectivity index (χ2v) is 6.34. The summed E-state index contributed by atoms with van der Waals surface area (Å²) in [6.07, 6.45) is 0. The van der Waals surface area contributed by atoms with E-state index < -0.39 is 0 Å². The van der Waals surface area contributed by atoms with Gasteiger partial charge in [-0.15, -0.1) is 0 Å². The average Bonchev–Trinajstić information content (AvgIpc) is 2.65. The molecule has 1 saturated heterocycles. The number of amides is 1. The van der Waals surface area contributed by atoms with E-state index in [9.17, 15) is 4.79 Å². The van der Waals surface area contributed by atoms with Crippen LogP contribution in [0, 0.1) is 13.8 Å². The van der Waals surface area contributed by atoms with E-state index in [1.165, 1.54) is 0 Å². The molecule has 138 valence electrons.